The molecule has 0 aliphatic rings. The third-order valence-electron chi connectivity index (χ3n) is 2.52. The van der Waals surface area contributed by atoms with Gasteiger partial charge in [0, 0.05) is 5.69 Å². The van der Waals surface area contributed by atoms with Gasteiger partial charge >= 0.3 is 18.1 Å². The average molecular weight is 293 g/mol. The molecule has 1 aromatic heterocycles. The minimum atomic E-state index is -5.12. The summed E-state index contributed by atoms with van der Waals surface area (Å²) < 4.78 is 38.4. The van der Waals surface area contributed by atoms with E-state index in [0.717, 1.165) is 0 Å². The molecule has 1 rings (SSSR count). The number of aromatic amines is 1. The van der Waals surface area contributed by atoms with Crippen molar-refractivity contribution in [1.29, 1.82) is 0 Å². The van der Waals surface area contributed by atoms with Gasteiger partial charge in [-0.25, -0.2) is 9.59 Å². The van der Waals surface area contributed by atoms with E-state index in [-0.39, 0.29) is 0 Å². The van der Waals surface area contributed by atoms with Crippen molar-refractivity contribution in [3.05, 3.63) is 32.7 Å². The predicted molar refractivity (Wildman–Crippen MR) is 60.1 cm³/mol. The summed E-state index contributed by atoms with van der Waals surface area (Å²) >= 11 is 0. The molecule has 0 bridgehead atoms. The number of aromatic nitrogens is 1. The minimum Gasteiger partial charge on any atom is -0.477 e. The quantitative estimate of drug-likeness (QED) is 0.789. The van der Waals surface area contributed by atoms with Crippen LogP contribution in [0.25, 0.3) is 0 Å². The van der Waals surface area contributed by atoms with Crippen LogP contribution in [0.2, 0.25) is 0 Å². The van der Waals surface area contributed by atoms with Gasteiger partial charge in [0.05, 0.1) is 0 Å². The number of carboxylic acids is 2. The van der Waals surface area contributed by atoms with Crippen molar-refractivity contribution in [3.63, 3.8) is 0 Å². The molecule has 9 heteroatoms. The number of carbonyl (C=O) groups is 2. The second kappa shape index (κ2) is 4.99. The molecule has 6 nitrogen and oxygen atoms in total. The van der Waals surface area contributed by atoms with Crippen LogP contribution in [0.1, 0.15) is 51.9 Å². The van der Waals surface area contributed by atoms with Gasteiger partial charge in [0.1, 0.15) is 16.8 Å². The zero-order valence-electron chi connectivity index (χ0n) is 10.3. The number of rotatable bonds is 3. The molecule has 1 heterocycles. The van der Waals surface area contributed by atoms with Gasteiger partial charge in [-0.15, -0.1) is 0 Å². The second-order valence-corrected chi connectivity index (χ2v) is 4.26. The van der Waals surface area contributed by atoms with E-state index < -0.39 is 52.0 Å². The van der Waals surface area contributed by atoms with E-state index in [1.165, 1.54) is 13.8 Å². The van der Waals surface area contributed by atoms with E-state index in [0.29, 0.717) is 0 Å². The van der Waals surface area contributed by atoms with Crippen molar-refractivity contribution >= 4 is 11.9 Å². The Balaban J connectivity index is 3.95. The first-order valence-electron chi connectivity index (χ1n) is 5.32. The van der Waals surface area contributed by atoms with E-state index in [1.807, 2.05) is 0 Å². The van der Waals surface area contributed by atoms with Crippen molar-refractivity contribution in [1.82, 2.24) is 4.98 Å². The molecule has 0 aromatic carbocycles. The van der Waals surface area contributed by atoms with Gasteiger partial charge in [-0.05, 0) is 5.92 Å². The lowest BCUT2D eigenvalue weighted by Crippen LogP contribution is -2.31. The summed E-state index contributed by atoms with van der Waals surface area (Å²) in [5.74, 6) is -4.67. The van der Waals surface area contributed by atoms with Crippen molar-refractivity contribution in [2.24, 2.45) is 0 Å². The highest BCUT2D eigenvalue weighted by atomic mass is 19.4. The van der Waals surface area contributed by atoms with Gasteiger partial charge in [-0.3, -0.25) is 4.79 Å². The molecule has 0 atom stereocenters. The van der Waals surface area contributed by atoms with Crippen molar-refractivity contribution in [2.45, 2.75) is 25.9 Å². The number of aromatic carboxylic acids is 2. The molecule has 0 spiro atoms. The molecule has 1 aromatic rings. The first kappa shape index (κ1) is 15.7. The van der Waals surface area contributed by atoms with Crippen LogP contribution in [0.4, 0.5) is 13.2 Å². The third-order valence-corrected chi connectivity index (χ3v) is 2.52. The summed E-state index contributed by atoms with van der Waals surface area (Å²) in [6.07, 6.45) is -5.12. The molecule has 0 saturated heterocycles. The maximum atomic E-state index is 12.8. The number of nitrogens with one attached hydrogen (secondary N) is 1. The Morgan fingerprint density at radius 1 is 1.10 bits per heavy atom. The van der Waals surface area contributed by atoms with Crippen LogP contribution >= 0.6 is 0 Å². The molecule has 0 amide bonds. The fraction of sp³-hybridized carbons (Fsp3) is 0.364. The normalized spacial score (nSPS) is 11.7. The highest BCUT2D eigenvalue weighted by Gasteiger charge is 2.40. The topological polar surface area (TPSA) is 107 Å². The van der Waals surface area contributed by atoms with E-state index in [1.54, 1.807) is 4.98 Å². The van der Waals surface area contributed by atoms with Gasteiger partial charge < -0.3 is 15.2 Å². The second-order valence-electron chi connectivity index (χ2n) is 4.26. The molecule has 0 aliphatic heterocycles. The first-order chi connectivity index (χ1) is 8.98. The Morgan fingerprint density at radius 3 is 1.85 bits per heavy atom. The Hall–Kier alpha value is -2.32. The Labute approximate surface area is 109 Å². The van der Waals surface area contributed by atoms with Crippen LogP contribution in [0.5, 0.6) is 0 Å². The SMILES string of the molecule is CC(C)c1[nH]c(C(F)(F)F)c(C(=O)O)c(=O)c1C(=O)O. The van der Waals surface area contributed by atoms with Crippen LogP contribution in [0.15, 0.2) is 4.79 Å². The number of hydrogen-bond donors (Lipinski definition) is 3. The lowest BCUT2D eigenvalue weighted by molar-refractivity contribution is -0.141. The van der Waals surface area contributed by atoms with Crippen LogP contribution in [-0.4, -0.2) is 27.1 Å². The maximum Gasteiger partial charge on any atom is 0.432 e. The zero-order valence-corrected chi connectivity index (χ0v) is 10.3. The monoisotopic (exact) mass is 293 g/mol. The molecule has 0 unspecified atom stereocenters. The Kier molecular flexibility index (Phi) is 3.92. The molecular formula is C11H10F3NO5. The summed E-state index contributed by atoms with van der Waals surface area (Å²) in [5, 5.41) is 17.6. The summed E-state index contributed by atoms with van der Waals surface area (Å²) in [6.45, 7) is 2.75. The van der Waals surface area contributed by atoms with Crippen molar-refractivity contribution in [2.75, 3.05) is 0 Å². The molecule has 0 radical (unpaired) electrons. The van der Waals surface area contributed by atoms with Gasteiger partial charge in [-0.2, -0.15) is 13.2 Å². The Morgan fingerprint density at radius 2 is 1.55 bits per heavy atom. The van der Waals surface area contributed by atoms with Crippen LogP contribution in [-0.2, 0) is 6.18 Å². The van der Waals surface area contributed by atoms with Gasteiger partial charge in [0.2, 0.25) is 5.43 Å². The van der Waals surface area contributed by atoms with Crippen molar-refractivity contribution in [3.8, 4) is 0 Å². The molecule has 110 valence electrons. The highest BCUT2D eigenvalue weighted by Crippen LogP contribution is 2.31. The number of hydrogen-bond acceptors (Lipinski definition) is 3. The van der Waals surface area contributed by atoms with Crippen LogP contribution in [0, 0.1) is 0 Å². The van der Waals surface area contributed by atoms with Gasteiger partial charge in [0.25, 0.3) is 0 Å². The lowest BCUT2D eigenvalue weighted by atomic mass is 9.99. The first-order valence-corrected chi connectivity index (χ1v) is 5.32. The fourth-order valence-electron chi connectivity index (χ4n) is 1.68. The average Bonchev–Trinajstić information content (AvgIpc) is 2.24. The minimum absolute atomic E-state index is 0.472. The van der Waals surface area contributed by atoms with Crippen molar-refractivity contribution < 1.29 is 33.0 Å². The van der Waals surface area contributed by atoms with E-state index in [2.05, 4.69) is 0 Å². The molecule has 0 aliphatic carbocycles. The van der Waals surface area contributed by atoms with E-state index in [4.69, 9.17) is 10.2 Å². The summed E-state index contributed by atoms with van der Waals surface area (Å²) in [6, 6.07) is 0. The molecule has 3 N–H and O–H groups in total. The number of alkyl halides is 3. The summed E-state index contributed by atoms with van der Waals surface area (Å²) in [4.78, 5) is 35.3. The zero-order chi connectivity index (χ0) is 15.8. The molecule has 0 saturated carbocycles. The molecular weight excluding hydrogens is 283 g/mol. The van der Waals surface area contributed by atoms with E-state index >= 15 is 0 Å². The third kappa shape index (κ3) is 2.65. The van der Waals surface area contributed by atoms with E-state index in [9.17, 15) is 27.6 Å². The lowest BCUT2D eigenvalue weighted by Gasteiger charge is -2.16. The Bertz CT molecular complexity index is 630. The van der Waals surface area contributed by atoms with Gasteiger partial charge in [0.15, 0.2) is 0 Å². The molecule has 0 fully saturated rings. The number of pyridine rings is 1. The number of halogens is 3. The summed E-state index contributed by atoms with van der Waals surface area (Å²) in [5.41, 5.74) is -6.52. The maximum absolute atomic E-state index is 12.8. The van der Waals surface area contributed by atoms with Crippen LogP contribution < -0.4 is 5.43 Å². The highest BCUT2D eigenvalue weighted by molar-refractivity contribution is 5.95. The molecule has 20 heavy (non-hydrogen) atoms. The number of H-pyrrole nitrogens is 1. The summed E-state index contributed by atoms with van der Waals surface area (Å²) in [7, 11) is 0. The smallest absolute Gasteiger partial charge is 0.432 e. The number of carboxylic acid groups (broad SMARTS) is 2. The van der Waals surface area contributed by atoms with Gasteiger partial charge in [-0.1, -0.05) is 13.8 Å². The fourth-order valence-corrected chi connectivity index (χ4v) is 1.68. The predicted octanol–water partition coefficient (Wildman–Crippen LogP) is 1.91. The largest absolute Gasteiger partial charge is 0.477 e. The van der Waals surface area contributed by atoms with Crippen LogP contribution in [0.3, 0.4) is 0 Å². The standard InChI is InChI=1S/C11H10F3NO5/c1-3(2)6-4(9(17)18)7(16)5(10(19)20)8(15-6)11(12,13)14/h3H,1-2H3,(H,15,16)(H,17,18)(H,19,20).